The highest BCUT2D eigenvalue weighted by Crippen LogP contribution is 2.32. The molecule has 6 heteroatoms. The molecule has 0 bridgehead atoms. The van der Waals surface area contributed by atoms with Gasteiger partial charge in [0.05, 0.1) is 5.02 Å². The average Bonchev–Trinajstić information content (AvgIpc) is 3.11. The first-order valence-corrected chi connectivity index (χ1v) is 11.2. The fourth-order valence-corrected chi connectivity index (χ4v) is 4.55. The van der Waals surface area contributed by atoms with Crippen LogP contribution < -0.4 is 10.1 Å². The standard InChI is InChI=1S/C25H32ClNO4/c1-25(2,14-18-11-19-5-3-4-6-20(19)12-18)27-15-21(28)16-31-23-9-7-17(13-22(23)26)8-10-24(29)30/h3-7,9,13,18,21,27-28H,8,10-12,14-16H2,1-2H3,(H,29,30)/t21-/m0/s1. The van der Waals surface area contributed by atoms with Crippen molar-refractivity contribution in [1.82, 2.24) is 5.32 Å². The predicted molar refractivity (Wildman–Crippen MR) is 123 cm³/mol. The first-order chi connectivity index (χ1) is 14.7. The monoisotopic (exact) mass is 445 g/mol. The first-order valence-electron chi connectivity index (χ1n) is 10.8. The van der Waals surface area contributed by atoms with Gasteiger partial charge in [0.2, 0.25) is 0 Å². The number of carboxylic acids is 1. The lowest BCUT2D eigenvalue weighted by Gasteiger charge is -2.30. The van der Waals surface area contributed by atoms with Gasteiger partial charge in [0.1, 0.15) is 18.5 Å². The summed E-state index contributed by atoms with van der Waals surface area (Å²) < 4.78 is 5.68. The lowest BCUT2D eigenvalue weighted by Crippen LogP contribution is -2.46. The highest BCUT2D eigenvalue weighted by atomic mass is 35.5. The zero-order valence-corrected chi connectivity index (χ0v) is 19.0. The molecule has 3 rings (SSSR count). The zero-order valence-electron chi connectivity index (χ0n) is 18.2. The minimum absolute atomic E-state index is 0.0592. The minimum Gasteiger partial charge on any atom is -0.489 e. The fourth-order valence-electron chi connectivity index (χ4n) is 4.30. The lowest BCUT2D eigenvalue weighted by atomic mass is 9.88. The fraction of sp³-hybridized carbons (Fsp3) is 0.480. The minimum atomic E-state index is -0.840. The van der Waals surface area contributed by atoms with Gasteiger partial charge in [0.25, 0.3) is 0 Å². The number of carbonyl (C=O) groups is 1. The van der Waals surface area contributed by atoms with Crippen molar-refractivity contribution in [2.24, 2.45) is 5.92 Å². The summed E-state index contributed by atoms with van der Waals surface area (Å²) in [5, 5.41) is 23.1. The van der Waals surface area contributed by atoms with E-state index in [1.54, 1.807) is 18.2 Å². The van der Waals surface area contributed by atoms with E-state index in [-0.39, 0.29) is 18.6 Å². The van der Waals surface area contributed by atoms with Crippen LogP contribution in [0, 0.1) is 5.92 Å². The molecule has 0 radical (unpaired) electrons. The molecule has 0 aromatic heterocycles. The van der Waals surface area contributed by atoms with E-state index in [0.717, 1.165) is 24.8 Å². The second-order valence-electron chi connectivity index (χ2n) is 9.14. The Hall–Kier alpha value is -2.08. The number of aliphatic carboxylic acids is 1. The molecule has 2 aromatic carbocycles. The number of hydrogen-bond acceptors (Lipinski definition) is 4. The van der Waals surface area contributed by atoms with Gasteiger partial charge >= 0.3 is 5.97 Å². The quantitative estimate of drug-likeness (QED) is 0.481. The van der Waals surface area contributed by atoms with Crippen LogP contribution in [0.1, 0.15) is 43.4 Å². The molecule has 5 nitrogen and oxygen atoms in total. The summed E-state index contributed by atoms with van der Waals surface area (Å²) in [4.78, 5) is 10.7. The molecule has 3 N–H and O–H groups in total. The number of carboxylic acid groups (broad SMARTS) is 1. The summed E-state index contributed by atoms with van der Waals surface area (Å²) in [6.45, 7) is 4.92. The van der Waals surface area contributed by atoms with Gasteiger partial charge in [-0.1, -0.05) is 41.9 Å². The maximum atomic E-state index is 10.7. The molecule has 0 heterocycles. The number of fused-ring (bicyclic) bond motifs is 1. The number of ether oxygens (including phenoxy) is 1. The Morgan fingerprint density at radius 3 is 2.52 bits per heavy atom. The number of halogens is 1. The van der Waals surface area contributed by atoms with Crippen molar-refractivity contribution in [3.05, 3.63) is 64.2 Å². The molecule has 0 aliphatic heterocycles. The molecule has 0 fully saturated rings. The first kappa shape index (κ1) is 23.6. The van der Waals surface area contributed by atoms with Gasteiger partial charge in [-0.05, 0) is 74.3 Å². The number of aliphatic hydroxyl groups is 1. The maximum absolute atomic E-state index is 10.7. The molecule has 0 unspecified atom stereocenters. The van der Waals surface area contributed by atoms with E-state index in [1.807, 2.05) is 0 Å². The topological polar surface area (TPSA) is 78.8 Å². The van der Waals surface area contributed by atoms with Crippen molar-refractivity contribution >= 4 is 17.6 Å². The number of hydrogen-bond donors (Lipinski definition) is 3. The van der Waals surface area contributed by atoms with Crippen LogP contribution >= 0.6 is 11.6 Å². The lowest BCUT2D eigenvalue weighted by molar-refractivity contribution is -0.136. The van der Waals surface area contributed by atoms with Crippen LogP contribution in [-0.2, 0) is 24.1 Å². The maximum Gasteiger partial charge on any atom is 0.303 e. The molecule has 0 amide bonds. The number of rotatable bonds is 11. The Balaban J connectivity index is 1.41. The number of aliphatic hydroxyl groups excluding tert-OH is 1. The van der Waals surface area contributed by atoms with Crippen LogP contribution in [-0.4, -0.2) is 41.0 Å². The Morgan fingerprint density at radius 1 is 1.23 bits per heavy atom. The molecule has 168 valence electrons. The van der Waals surface area contributed by atoms with Gasteiger partial charge in [-0.2, -0.15) is 0 Å². The molecule has 0 spiro atoms. The van der Waals surface area contributed by atoms with Gasteiger partial charge in [0.15, 0.2) is 0 Å². The van der Waals surface area contributed by atoms with Crippen molar-refractivity contribution in [2.75, 3.05) is 13.2 Å². The molecule has 1 aliphatic carbocycles. The second-order valence-corrected chi connectivity index (χ2v) is 9.54. The van der Waals surface area contributed by atoms with Crippen LogP contribution in [0.25, 0.3) is 0 Å². The second kappa shape index (κ2) is 10.5. The molecular weight excluding hydrogens is 414 g/mol. The number of aryl methyl sites for hydroxylation is 1. The molecule has 1 atom stereocenters. The zero-order chi connectivity index (χ0) is 22.4. The van der Waals surface area contributed by atoms with Crippen molar-refractivity contribution in [3.63, 3.8) is 0 Å². The van der Waals surface area contributed by atoms with Crippen molar-refractivity contribution in [3.8, 4) is 5.75 Å². The third-order valence-corrected chi connectivity index (χ3v) is 6.10. The van der Waals surface area contributed by atoms with Gasteiger partial charge in [-0.25, -0.2) is 0 Å². The number of nitrogens with one attached hydrogen (secondary N) is 1. The summed E-state index contributed by atoms with van der Waals surface area (Å²) in [5.41, 5.74) is 3.68. The van der Waals surface area contributed by atoms with E-state index in [0.29, 0.717) is 29.7 Å². The molecule has 1 aliphatic rings. The van der Waals surface area contributed by atoms with E-state index >= 15 is 0 Å². The summed E-state index contributed by atoms with van der Waals surface area (Å²) in [6.07, 6.45) is 3.09. The van der Waals surface area contributed by atoms with E-state index in [2.05, 4.69) is 43.4 Å². The van der Waals surface area contributed by atoms with Crippen LogP contribution in [0.2, 0.25) is 5.02 Å². The van der Waals surface area contributed by atoms with Crippen LogP contribution in [0.5, 0.6) is 5.75 Å². The van der Waals surface area contributed by atoms with E-state index in [4.69, 9.17) is 21.4 Å². The Bertz CT molecular complexity index is 874. The van der Waals surface area contributed by atoms with Gasteiger partial charge < -0.3 is 20.3 Å². The normalized spacial score (nSPS) is 15.0. The van der Waals surface area contributed by atoms with Crippen LogP contribution in [0.4, 0.5) is 0 Å². The number of β-amino-alcohol motifs (C(OH)–C–C–N with tert-alkyl or cyclic N) is 1. The summed E-state index contributed by atoms with van der Waals surface area (Å²) in [5.74, 6) is 0.266. The Labute approximate surface area is 189 Å². The van der Waals surface area contributed by atoms with Crippen LogP contribution in [0.3, 0.4) is 0 Å². The molecule has 0 saturated carbocycles. The smallest absolute Gasteiger partial charge is 0.303 e. The van der Waals surface area contributed by atoms with Crippen molar-refractivity contribution in [2.45, 2.75) is 57.6 Å². The molecular formula is C25H32ClNO4. The highest BCUT2D eigenvalue weighted by Gasteiger charge is 2.28. The van der Waals surface area contributed by atoms with Gasteiger partial charge in [-0.15, -0.1) is 0 Å². The largest absolute Gasteiger partial charge is 0.489 e. The van der Waals surface area contributed by atoms with Crippen molar-refractivity contribution < 1.29 is 19.7 Å². The van der Waals surface area contributed by atoms with Crippen molar-refractivity contribution in [1.29, 1.82) is 0 Å². The average molecular weight is 446 g/mol. The Morgan fingerprint density at radius 2 is 1.90 bits per heavy atom. The molecule has 2 aromatic rings. The van der Waals surface area contributed by atoms with E-state index in [9.17, 15) is 9.90 Å². The number of benzene rings is 2. The van der Waals surface area contributed by atoms with E-state index < -0.39 is 12.1 Å². The molecule has 0 saturated heterocycles. The SMILES string of the molecule is CC(C)(CC1Cc2ccccc2C1)NC[C@H](O)COc1ccc(CCC(=O)O)cc1Cl. The predicted octanol–water partition coefficient (Wildman–Crippen LogP) is 4.27. The highest BCUT2D eigenvalue weighted by molar-refractivity contribution is 6.32. The summed E-state index contributed by atoms with van der Waals surface area (Å²) >= 11 is 6.24. The van der Waals surface area contributed by atoms with Gasteiger partial charge in [0, 0.05) is 18.5 Å². The summed E-state index contributed by atoms with van der Waals surface area (Å²) in [7, 11) is 0. The van der Waals surface area contributed by atoms with E-state index in [1.165, 1.54) is 11.1 Å². The van der Waals surface area contributed by atoms with Crippen LogP contribution in [0.15, 0.2) is 42.5 Å². The Kier molecular flexibility index (Phi) is 7.98. The molecule has 31 heavy (non-hydrogen) atoms. The third-order valence-electron chi connectivity index (χ3n) is 5.81. The third kappa shape index (κ3) is 7.23. The summed E-state index contributed by atoms with van der Waals surface area (Å²) in [6, 6.07) is 13.9. The van der Waals surface area contributed by atoms with Gasteiger partial charge in [-0.3, -0.25) is 4.79 Å².